The Hall–Kier alpha value is -2.99. The summed E-state index contributed by atoms with van der Waals surface area (Å²) in [4.78, 5) is 12.2. The molecule has 0 bridgehead atoms. The molecule has 0 fully saturated rings. The molecule has 1 amide bonds. The van der Waals surface area contributed by atoms with Crippen molar-refractivity contribution >= 4 is 34.7 Å². The maximum Gasteiger partial charge on any atom is 0.307 e. The van der Waals surface area contributed by atoms with Crippen LogP contribution in [0.3, 0.4) is 0 Å². The fourth-order valence-corrected chi connectivity index (χ4v) is 2.74. The van der Waals surface area contributed by atoms with Gasteiger partial charge in [-0.1, -0.05) is 29.8 Å². The molecule has 140 valence electrons. The number of halogens is 1. The maximum atomic E-state index is 12.2. The highest BCUT2D eigenvalue weighted by molar-refractivity contribution is 6.32. The highest BCUT2D eigenvalue weighted by Crippen LogP contribution is 2.36. The van der Waals surface area contributed by atoms with Crippen molar-refractivity contribution < 1.29 is 18.7 Å². The molecule has 0 unspecified atom stereocenters. The highest BCUT2D eigenvalue weighted by Gasteiger charge is 2.14. The molecule has 0 saturated carbocycles. The van der Waals surface area contributed by atoms with Gasteiger partial charge in [0.25, 0.3) is 0 Å². The first-order valence-corrected chi connectivity index (χ1v) is 8.72. The van der Waals surface area contributed by atoms with Crippen LogP contribution in [-0.4, -0.2) is 25.3 Å². The molecule has 0 aliphatic carbocycles. The van der Waals surface area contributed by atoms with Gasteiger partial charge < -0.3 is 13.9 Å². The minimum absolute atomic E-state index is 0.0426. The third-order valence-corrected chi connectivity index (χ3v) is 3.92. The number of nitrogens with one attached hydrogen (secondary N) is 1. The number of carbonyl (C=O) groups is 1. The third-order valence-electron chi connectivity index (χ3n) is 3.63. The molecule has 3 rings (SSSR count). The normalized spacial score (nSPS) is 11.3. The van der Waals surface area contributed by atoms with Crippen molar-refractivity contribution in [2.45, 2.75) is 20.0 Å². The number of amides is 1. The van der Waals surface area contributed by atoms with Crippen LogP contribution in [0.5, 0.6) is 11.5 Å². The van der Waals surface area contributed by atoms with Crippen molar-refractivity contribution in [1.29, 1.82) is 0 Å². The van der Waals surface area contributed by atoms with E-state index in [1.54, 1.807) is 24.3 Å². The van der Waals surface area contributed by atoms with E-state index in [1.807, 2.05) is 32.0 Å². The number of hydrogen-bond acceptors (Lipinski definition) is 5. The van der Waals surface area contributed by atoms with Crippen molar-refractivity contribution in [2.24, 2.45) is 5.10 Å². The van der Waals surface area contributed by atoms with Crippen LogP contribution in [0.4, 0.5) is 0 Å². The van der Waals surface area contributed by atoms with Gasteiger partial charge >= 0.3 is 5.91 Å². The molecule has 2 aromatic carbocycles. The van der Waals surface area contributed by atoms with Gasteiger partial charge in [0.1, 0.15) is 5.58 Å². The second-order valence-electron chi connectivity index (χ2n) is 6.05. The first kappa shape index (κ1) is 18.8. The Morgan fingerprint density at radius 3 is 2.74 bits per heavy atom. The first-order valence-electron chi connectivity index (χ1n) is 8.34. The molecule has 0 atom stereocenters. The predicted molar refractivity (Wildman–Crippen MR) is 105 cm³/mol. The molecule has 7 heteroatoms. The lowest BCUT2D eigenvalue weighted by molar-refractivity contribution is 0.0929. The van der Waals surface area contributed by atoms with Crippen molar-refractivity contribution in [1.82, 2.24) is 5.43 Å². The number of hydrazone groups is 1. The van der Waals surface area contributed by atoms with E-state index in [0.717, 1.165) is 5.39 Å². The first-order chi connectivity index (χ1) is 13.0. The number of hydrogen-bond donors (Lipinski definition) is 1. The Balaban J connectivity index is 1.73. The average Bonchev–Trinajstić information content (AvgIpc) is 3.07. The second kappa shape index (κ2) is 8.14. The van der Waals surface area contributed by atoms with E-state index in [0.29, 0.717) is 27.7 Å². The van der Waals surface area contributed by atoms with E-state index < -0.39 is 5.91 Å². The van der Waals surface area contributed by atoms with Gasteiger partial charge in [-0.05, 0) is 43.7 Å². The van der Waals surface area contributed by atoms with Gasteiger partial charge in [0.15, 0.2) is 17.3 Å². The molecular weight excluding hydrogens is 368 g/mol. The van der Waals surface area contributed by atoms with Crippen molar-refractivity contribution in [3.05, 3.63) is 58.8 Å². The smallest absolute Gasteiger partial charge is 0.307 e. The van der Waals surface area contributed by atoms with E-state index >= 15 is 0 Å². The molecule has 6 nitrogen and oxygen atoms in total. The van der Waals surface area contributed by atoms with E-state index in [2.05, 4.69) is 10.5 Å². The number of fused-ring (bicyclic) bond motifs is 1. The van der Waals surface area contributed by atoms with Crippen LogP contribution >= 0.6 is 11.6 Å². The molecule has 0 aliphatic rings. The van der Waals surface area contributed by atoms with Crippen molar-refractivity contribution in [3.8, 4) is 11.5 Å². The molecule has 1 heterocycles. The summed E-state index contributed by atoms with van der Waals surface area (Å²) in [5.41, 5.74) is 3.73. The number of carbonyl (C=O) groups excluding carboxylic acids is 1. The molecule has 3 aromatic rings. The molecular formula is C20H19ClN2O4. The quantitative estimate of drug-likeness (QED) is 0.494. The van der Waals surface area contributed by atoms with Gasteiger partial charge in [-0.15, -0.1) is 0 Å². The summed E-state index contributed by atoms with van der Waals surface area (Å²) >= 11 is 6.27. The number of rotatable bonds is 6. The number of para-hydroxylation sites is 1. The van der Waals surface area contributed by atoms with E-state index in [9.17, 15) is 4.79 Å². The second-order valence-corrected chi connectivity index (χ2v) is 6.46. The lowest BCUT2D eigenvalue weighted by Gasteiger charge is -2.15. The number of methoxy groups -OCH3 is 1. The lowest BCUT2D eigenvalue weighted by atomic mass is 10.2. The monoisotopic (exact) mass is 386 g/mol. The predicted octanol–water partition coefficient (Wildman–Crippen LogP) is 4.65. The van der Waals surface area contributed by atoms with Gasteiger partial charge in [-0.3, -0.25) is 4.79 Å². The van der Waals surface area contributed by atoms with Gasteiger partial charge in [0.2, 0.25) is 0 Å². The van der Waals surface area contributed by atoms with E-state index in [-0.39, 0.29) is 11.9 Å². The third kappa shape index (κ3) is 4.41. The lowest BCUT2D eigenvalue weighted by Crippen LogP contribution is -2.16. The van der Waals surface area contributed by atoms with Crippen molar-refractivity contribution in [2.75, 3.05) is 7.11 Å². The number of benzene rings is 2. The van der Waals surface area contributed by atoms with E-state index in [4.69, 9.17) is 25.5 Å². The molecule has 27 heavy (non-hydrogen) atoms. The Labute approximate surface area is 161 Å². The van der Waals surface area contributed by atoms with Crippen LogP contribution in [0.15, 0.2) is 52.0 Å². The molecule has 0 radical (unpaired) electrons. The van der Waals surface area contributed by atoms with Gasteiger partial charge in [0, 0.05) is 5.39 Å². The zero-order valence-electron chi connectivity index (χ0n) is 15.2. The SMILES string of the molecule is COc1cc(/C=N\NC(=O)c2cc3ccccc3o2)cc(Cl)c1OC(C)C. The largest absolute Gasteiger partial charge is 0.493 e. The summed E-state index contributed by atoms with van der Waals surface area (Å²) in [6.45, 7) is 3.80. The molecule has 0 saturated heterocycles. The summed E-state index contributed by atoms with van der Waals surface area (Å²) < 4.78 is 16.5. The Morgan fingerprint density at radius 2 is 2.04 bits per heavy atom. The summed E-state index contributed by atoms with van der Waals surface area (Å²) in [5.74, 6) is 0.698. The molecule has 1 N–H and O–H groups in total. The summed E-state index contributed by atoms with van der Waals surface area (Å²) in [7, 11) is 1.53. The van der Waals surface area contributed by atoms with Crippen LogP contribution < -0.4 is 14.9 Å². The Bertz CT molecular complexity index is 962. The van der Waals surface area contributed by atoms with Crippen LogP contribution in [0.1, 0.15) is 30.0 Å². The van der Waals surface area contributed by atoms with Gasteiger partial charge in [0.05, 0.1) is 24.5 Å². The van der Waals surface area contributed by atoms with Gasteiger partial charge in [-0.25, -0.2) is 5.43 Å². The Kier molecular flexibility index (Phi) is 5.66. The van der Waals surface area contributed by atoms with Crippen LogP contribution in [0.2, 0.25) is 5.02 Å². The van der Waals surface area contributed by atoms with Crippen LogP contribution in [-0.2, 0) is 0 Å². The fraction of sp³-hybridized carbons (Fsp3) is 0.200. The summed E-state index contributed by atoms with van der Waals surface area (Å²) in [5, 5.41) is 5.20. The van der Waals surface area contributed by atoms with Gasteiger partial charge in [-0.2, -0.15) is 5.10 Å². The topological polar surface area (TPSA) is 73.1 Å². The average molecular weight is 387 g/mol. The minimum atomic E-state index is -0.444. The van der Waals surface area contributed by atoms with E-state index in [1.165, 1.54) is 13.3 Å². The minimum Gasteiger partial charge on any atom is -0.493 e. The molecule has 0 spiro atoms. The van der Waals surface area contributed by atoms with Crippen LogP contribution in [0.25, 0.3) is 11.0 Å². The van der Waals surface area contributed by atoms with Crippen LogP contribution in [0, 0.1) is 0 Å². The summed E-state index contributed by atoms with van der Waals surface area (Å²) in [6.07, 6.45) is 1.42. The number of ether oxygens (including phenoxy) is 2. The molecule has 0 aliphatic heterocycles. The van der Waals surface area contributed by atoms with Crippen molar-refractivity contribution in [3.63, 3.8) is 0 Å². The Morgan fingerprint density at radius 1 is 1.26 bits per heavy atom. The maximum absolute atomic E-state index is 12.2. The fourth-order valence-electron chi connectivity index (χ4n) is 2.48. The molecule has 1 aromatic heterocycles. The standard InChI is InChI=1S/C20H19ClN2O4/c1-12(2)26-19-15(21)8-13(9-17(19)25-3)11-22-23-20(24)18-10-14-6-4-5-7-16(14)27-18/h4-12H,1-3H3,(H,23,24)/b22-11-. The highest BCUT2D eigenvalue weighted by atomic mass is 35.5. The number of nitrogens with zero attached hydrogens (tertiary/aromatic N) is 1. The zero-order chi connectivity index (χ0) is 19.4. The summed E-state index contributed by atoms with van der Waals surface area (Å²) in [6, 6.07) is 12.5. The number of furan rings is 1. The zero-order valence-corrected chi connectivity index (χ0v) is 15.9.